The largest absolute Gasteiger partial charge is 0.445 e. The van der Waals surface area contributed by atoms with Crippen LogP contribution in [0.1, 0.15) is 17.8 Å². The van der Waals surface area contributed by atoms with Gasteiger partial charge in [0.15, 0.2) is 0 Å². The van der Waals surface area contributed by atoms with E-state index in [4.69, 9.17) is 5.73 Å². The number of anilines is 1. The Morgan fingerprint density at radius 1 is 1.41 bits per heavy atom. The molecular formula is C9H13F3N4S. The summed E-state index contributed by atoms with van der Waals surface area (Å²) in [5.41, 5.74) is 5.46. The van der Waals surface area contributed by atoms with E-state index in [2.05, 4.69) is 10.2 Å². The fourth-order valence-electron chi connectivity index (χ4n) is 1.94. The van der Waals surface area contributed by atoms with Gasteiger partial charge in [-0.3, -0.25) is 0 Å². The van der Waals surface area contributed by atoms with Crippen LogP contribution in [0.4, 0.5) is 18.3 Å². The van der Waals surface area contributed by atoms with E-state index in [1.54, 1.807) is 0 Å². The summed E-state index contributed by atoms with van der Waals surface area (Å²) in [5.74, 6) is 0.457. The van der Waals surface area contributed by atoms with Crippen LogP contribution < -0.4 is 10.6 Å². The molecule has 0 amide bonds. The Labute approximate surface area is 101 Å². The van der Waals surface area contributed by atoms with E-state index in [-0.39, 0.29) is 0 Å². The predicted molar refractivity (Wildman–Crippen MR) is 58.9 cm³/mol. The Hall–Kier alpha value is -0.890. The fraction of sp³-hybridized carbons (Fsp3) is 0.778. The summed E-state index contributed by atoms with van der Waals surface area (Å²) in [6, 6.07) is 0. The zero-order valence-corrected chi connectivity index (χ0v) is 9.89. The molecule has 0 aliphatic carbocycles. The molecule has 1 atom stereocenters. The first kappa shape index (κ1) is 12.6. The highest BCUT2D eigenvalue weighted by Crippen LogP contribution is 2.35. The monoisotopic (exact) mass is 266 g/mol. The molecule has 2 N–H and O–H groups in total. The van der Waals surface area contributed by atoms with Gasteiger partial charge < -0.3 is 10.6 Å². The van der Waals surface area contributed by atoms with Gasteiger partial charge in [0, 0.05) is 13.1 Å². The molecule has 0 radical (unpaired) electrons. The number of nitrogens with two attached hydrogens (primary N) is 1. The van der Waals surface area contributed by atoms with Crippen molar-refractivity contribution in [1.29, 1.82) is 0 Å². The number of aromatic nitrogens is 2. The maximum Gasteiger partial charge on any atom is 0.445 e. The van der Waals surface area contributed by atoms with Crippen LogP contribution in [0.2, 0.25) is 0 Å². The van der Waals surface area contributed by atoms with Gasteiger partial charge in [0.05, 0.1) is 0 Å². The highest BCUT2D eigenvalue weighted by atomic mass is 32.1. The molecule has 4 nitrogen and oxygen atoms in total. The van der Waals surface area contributed by atoms with Crippen molar-refractivity contribution in [3.8, 4) is 0 Å². The van der Waals surface area contributed by atoms with Gasteiger partial charge in [-0.1, -0.05) is 11.3 Å². The van der Waals surface area contributed by atoms with Gasteiger partial charge in [0.2, 0.25) is 10.1 Å². The maximum absolute atomic E-state index is 12.4. The summed E-state index contributed by atoms with van der Waals surface area (Å²) in [6.07, 6.45) is -2.54. The van der Waals surface area contributed by atoms with Crippen molar-refractivity contribution in [2.75, 3.05) is 24.5 Å². The molecule has 96 valence electrons. The van der Waals surface area contributed by atoms with Gasteiger partial charge in [-0.15, -0.1) is 10.2 Å². The van der Waals surface area contributed by atoms with Gasteiger partial charge in [-0.25, -0.2) is 0 Å². The molecule has 8 heteroatoms. The topological polar surface area (TPSA) is 55.0 Å². The van der Waals surface area contributed by atoms with Crippen molar-refractivity contribution in [3.63, 3.8) is 0 Å². The first-order valence-electron chi connectivity index (χ1n) is 5.36. The smallest absolute Gasteiger partial charge is 0.346 e. The third-order valence-corrected chi connectivity index (χ3v) is 3.82. The van der Waals surface area contributed by atoms with E-state index in [0.29, 0.717) is 28.9 Å². The second kappa shape index (κ2) is 4.77. The molecule has 0 bridgehead atoms. The van der Waals surface area contributed by atoms with Crippen molar-refractivity contribution in [2.45, 2.75) is 19.0 Å². The quantitative estimate of drug-likeness (QED) is 0.905. The molecule has 1 aliphatic rings. The molecule has 17 heavy (non-hydrogen) atoms. The zero-order chi connectivity index (χ0) is 12.5. The van der Waals surface area contributed by atoms with E-state index < -0.39 is 11.2 Å². The number of hydrogen-bond acceptors (Lipinski definition) is 5. The predicted octanol–water partition coefficient (Wildman–Crippen LogP) is 1.73. The first-order chi connectivity index (χ1) is 8.00. The van der Waals surface area contributed by atoms with E-state index in [0.717, 1.165) is 25.9 Å². The van der Waals surface area contributed by atoms with Crippen LogP contribution in [-0.4, -0.2) is 29.8 Å². The van der Waals surface area contributed by atoms with Gasteiger partial charge in [0.25, 0.3) is 0 Å². The SMILES string of the molecule is NCCC1CCN(c2nnc(C(F)(F)F)s2)C1. The lowest BCUT2D eigenvalue weighted by molar-refractivity contribution is -0.138. The van der Waals surface area contributed by atoms with Crippen molar-refractivity contribution in [2.24, 2.45) is 11.7 Å². The zero-order valence-electron chi connectivity index (χ0n) is 9.07. The van der Waals surface area contributed by atoms with Crippen LogP contribution in [0.3, 0.4) is 0 Å². The molecule has 0 saturated carbocycles. The number of rotatable bonds is 3. The molecule has 2 heterocycles. The van der Waals surface area contributed by atoms with E-state index in [9.17, 15) is 13.2 Å². The number of hydrogen-bond donors (Lipinski definition) is 1. The summed E-state index contributed by atoms with van der Waals surface area (Å²) in [5, 5.41) is 6.26. The summed E-state index contributed by atoms with van der Waals surface area (Å²) in [6.45, 7) is 2.07. The van der Waals surface area contributed by atoms with E-state index in [1.165, 1.54) is 0 Å². The summed E-state index contributed by atoms with van der Waals surface area (Å²) >= 11 is 0.605. The van der Waals surface area contributed by atoms with Crippen LogP contribution >= 0.6 is 11.3 Å². The normalized spacial score (nSPS) is 21.2. The average molecular weight is 266 g/mol. The summed E-state index contributed by atoms with van der Waals surface area (Å²) < 4.78 is 37.1. The Morgan fingerprint density at radius 2 is 2.18 bits per heavy atom. The third-order valence-electron chi connectivity index (χ3n) is 2.79. The standard InChI is InChI=1S/C9H13F3N4S/c10-9(11,12)7-14-15-8(17-7)16-4-2-6(5-16)1-3-13/h6H,1-5,13H2. The lowest BCUT2D eigenvalue weighted by Crippen LogP contribution is -2.20. The lowest BCUT2D eigenvalue weighted by atomic mass is 10.1. The minimum absolute atomic E-state index is 0.358. The number of nitrogens with zero attached hydrogens (tertiary/aromatic N) is 3. The fourth-order valence-corrected chi connectivity index (χ4v) is 2.68. The van der Waals surface area contributed by atoms with Gasteiger partial charge in [-0.05, 0) is 25.3 Å². The molecule has 1 saturated heterocycles. The van der Waals surface area contributed by atoms with Crippen molar-refractivity contribution < 1.29 is 13.2 Å². The first-order valence-corrected chi connectivity index (χ1v) is 6.18. The molecule has 0 spiro atoms. The molecule has 1 aliphatic heterocycles. The molecule has 0 aromatic carbocycles. The van der Waals surface area contributed by atoms with E-state index >= 15 is 0 Å². The Kier molecular flexibility index (Phi) is 3.53. The van der Waals surface area contributed by atoms with Gasteiger partial charge in [0.1, 0.15) is 0 Å². The van der Waals surface area contributed by atoms with Crippen LogP contribution in [0.25, 0.3) is 0 Å². The Morgan fingerprint density at radius 3 is 2.76 bits per heavy atom. The van der Waals surface area contributed by atoms with Crippen LogP contribution in [0.15, 0.2) is 0 Å². The number of halogens is 3. The van der Waals surface area contributed by atoms with Crippen molar-refractivity contribution >= 4 is 16.5 Å². The van der Waals surface area contributed by atoms with E-state index in [1.807, 2.05) is 4.90 Å². The van der Waals surface area contributed by atoms with Crippen LogP contribution in [0, 0.1) is 5.92 Å². The lowest BCUT2D eigenvalue weighted by Gasteiger charge is -2.13. The van der Waals surface area contributed by atoms with Gasteiger partial charge >= 0.3 is 6.18 Å². The molecule has 1 unspecified atom stereocenters. The maximum atomic E-state index is 12.4. The Bertz CT molecular complexity index is 379. The second-order valence-electron chi connectivity index (χ2n) is 4.07. The van der Waals surface area contributed by atoms with Crippen LogP contribution in [0.5, 0.6) is 0 Å². The van der Waals surface area contributed by atoms with Crippen molar-refractivity contribution in [1.82, 2.24) is 10.2 Å². The molecule has 1 aromatic heterocycles. The molecule has 2 rings (SSSR count). The average Bonchev–Trinajstić information content (AvgIpc) is 2.82. The Balaban J connectivity index is 2.02. The molecule has 1 aromatic rings. The highest BCUT2D eigenvalue weighted by Gasteiger charge is 2.36. The molecule has 1 fully saturated rings. The third kappa shape index (κ3) is 2.86. The summed E-state index contributed by atoms with van der Waals surface area (Å²) in [4.78, 5) is 1.85. The van der Waals surface area contributed by atoms with Crippen LogP contribution in [-0.2, 0) is 6.18 Å². The van der Waals surface area contributed by atoms with Gasteiger partial charge in [-0.2, -0.15) is 13.2 Å². The molecular weight excluding hydrogens is 253 g/mol. The second-order valence-corrected chi connectivity index (χ2v) is 5.02. The highest BCUT2D eigenvalue weighted by molar-refractivity contribution is 7.15. The minimum Gasteiger partial charge on any atom is -0.346 e. The summed E-state index contributed by atoms with van der Waals surface area (Å²) in [7, 11) is 0. The minimum atomic E-state index is -4.40. The number of alkyl halides is 3. The van der Waals surface area contributed by atoms with Crippen molar-refractivity contribution in [3.05, 3.63) is 5.01 Å².